The standard InChI is InChI=1S/C22H36N2O2/c1-19(24-13-4-5-14-24)10-15-26-21-8-6-20(7-9-21)22(18-23(2)3)11-16-25-17-12-22/h6-9,19H,4-5,10-18H2,1-3H3. The Kier molecular flexibility index (Phi) is 6.96. The molecule has 1 atom stereocenters. The van der Waals surface area contributed by atoms with E-state index in [2.05, 4.69) is 55.1 Å². The van der Waals surface area contributed by atoms with E-state index in [0.717, 1.165) is 51.4 Å². The van der Waals surface area contributed by atoms with Crippen LogP contribution in [0.25, 0.3) is 0 Å². The Morgan fingerprint density at radius 3 is 2.38 bits per heavy atom. The highest BCUT2D eigenvalue weighted by Gasteiger charge is 2.34. The molecule has 0 saturated carbocycles. The minimum atomic E-state index is 0.213. The van der Waals surface area contributed by atoms with Crippen molar-refractivity contribution in [3.63, 3.8) is 0 Å². The van der Waals surface area contributed by atoms with E-state index in [-0.39, 0.29) is 5.41 Å². The van der Waals surface area contributed by atoms with Crippen LogP contribution in [0.2, 0.25) is 0 Å². The molecular formula is C22H36N2O2. The number of benzene rings is 1. The molecule has 0 amide bonds. The molecule has 2 aliphatic heterocycles. The van der Waals surface area contributed by atoms with Crippen molar-refractivity contribution < 1.29 is 9.47 Å². The van der Waals surface area contributed by atoms with Gasteiger partial charge in [0.2, 0.25) is 0 Å². The summed E-state index contributed by atoms with van der Waals surface area (Å²) in [5, 5.41) is 0. The van der Waals surface area contributed by atoms with Crippen LogP contribution in [-0.2, 0) is 10.2 Å². The zero-order chi connectivity index (χ0) is 18.4. The van der Waals surface area contributed by atoms with Crippen LogP contribution in [-0.4, -0.2) is 69.4 Å². The maximum absolute atomic E-state index is 6.03. The first-order valence-electron chi connectivity index (χ1n) is 10.3. The van der Waals surface area contributed by atoms with Gasteiger partial charge in [0, 0.05) is 31.2 Å². The third kappa shape index (κ3) is 4.99. The Balaban J connectivity index is 1.55. The van der Waals surface area contributed by atoms with E-state index >= 15 is 0 Å². The van der Waals surface area contributed by atoms with Gasteiger partial charge >= 0.3 is 0 Å². The van der Waals surface area contributed by atoms with Crippen molar-refractivity contribution in [2.75, 3.05) is 53.6 Å². The van der Waals surface area contributed by atoms with E-state index in [1.54, 1.807) is 0 Å². The second-order valence-electron chi connectivity index (χ2n) is 8.38. The summed E-state index contributed by atoms with van der Waals surface area (Å²) >= 11 is 0. The van der Waals surface area contributed by atoms with E-state index in [0.29, 0.717) is 6.04 Å². The molecule has 3 rings (SSSR count). The molecule has 4 nitrogen and oxygen atoms in total. The number of nitrogens with zero attached hydrogens (tertiary/aromatic N) is 2. The van der Waals surface area contributed by atoms with Crippen LogP contribution in [0.4, 0.5) is 0 Å². The molecule has 0 aliphatic carbocycles. The fourth-order valence-corrected chi connectivity index (χ4v) is 4.52. The quantitative estimate of drug-likeness (QED) is 0.708. The molecule has 2 aliphatic rings. The molecule has 0 bridgehead atoms. The molecule has 26 heavy (non-hydrogen) atoms. The lowest BCUT2D eigenvalue weighted by molar-refractivity contribution is 0.0401. The van der Waals surface area contributed by atoms with Gasteiger partial charge < -0.3 is 19.3 Å². The molecule has 0 N–H and O–H groups in total. The fraction of sp³-hybridized carbons (Fsp3) is 0.727. The predicted molar refractivity (Wildman–Crippen MR) is 107 cm³/mol. The summed E-state index contributed by atoms with van der Waals surface area (Å²) in [6.45, 7) is 8.44. The lowest BCUT2D eigenvalue weighted by Crippen LogP contribution is -2.42. The zero-order valence-corrected chi connectivity index (χ0v) is 16.9. The van der Waals surface area contributed by atoms with Gasteiger partial charge in [-0.25, -0.2) is 0 Å². The summed E-state index contributed by atoms with van der Waals surface area (Å²) in [5.41, 5.74) is 1.64. The van der Waals surface area contributed by atoms with E-state index in [1.807, 2.05) is 0 Å². The van der Waals surface area contributed by atoms with Gasteiger partial charge in [0.1, 0.15) is 5.75 Å². The first-order chi connectivity index (χ1) is 12.6. The Labute approximate surface area is 159 Å². The Hall–Kier alpha value is -1.10. The van der Waals surface area contributed by atoms with Gasteiger partial charge in [-0.3, -0.25) is 0 Å². The van der Waals surface area contributed by atoms with Gasteiger partial charge in [-0.2, -0.15) is 0 Å². The minimum Gasteiger partial charge on any atom is -0.494 e. The van der Waals surface area contributed by atoms with Crippen LogP contribution in [0.5, 0.6) is 5.75 Å². The summed E-state index contributed by atoms with van der Waals surface area (Å²) < 4.78 is 11.7. The SMILES string of the molecule is CC(CCOc1ccc(C2(CN(C)C)CCOCC2)cc1)N1CCCC1. The molecule has 4 heteroatoms. The highest BCUT2D eigenvalue weighted by atomic mass is 16.5. The smallest absolute Gasteiger partial charge is 0.119 e. The Bertz CT molecular complexity index is 532. The number of likely N-dealkylation sites (tertiary alicyclic amines) is 1. The summed E-state index contributed by atoms with van der Waals surface area (Å²) in [5.74, 6) is 0.995. The summed E-state index contributed by atoms with van der Waals surface area (Å²) in [4.78, 5) is 4.89. The number of rotatable bonds is 8. The lowest BCUT2D eigenvalue weighted by Gasteiger charge is -2.39. The van der Waals surface area contributed by atoms with Crippen molar-refractivity contribution in [2.24, 2.45) is 0 Å². The van der Waals surface area contributed by atoms with Gasteiger partial charge in [0.25, 0.3) is 0 Å². The van der Waals surface area contributed by atoms with Crippen LogP contribution in [0, 0.1) is 0 Å². The third-order valence-electron chi connectivity index (χ3n) is 6.10. The van der Waals surface area contributed by atoms with Crippen LogP contribution in [0.3, 0.4) is 0 Å². The lowest BCUT2D eigenvalue weighted by atomic mass is 9.74. The molecule has 0 radical (unpaired) electrons. The second-order valence-corrected chi connectivity index (χ2v) is 8.38. The normalized spacial score (nSPS) is 21.8. The van der Waals surface area contributed by atoms with Gasteiger partial charge in [0.05, 0.1) is 6.61 Å². The molecule has 2 fully saturated rings. The van der Waals surface area contributed by atoms with Gasteiger partial charge in [0.15, 0.2) is 0 Å². The van der Waals surface area contributed by atoms with E-state index in [1.165, 1.54) is 31.5 Å². The van der Waals surface area contributed by atoms with Crippen LogP contribution < -0.4 is 4.74 Å². The minimum absolute atomic E-state index is 0.213. The number of hydrogen-bond donors (Lipinski definition) is 0. The average Bonchev–Trinajstić information content (AvgIpc) is 3.17. The van der Waals surface area contributed by atoms with Crippen LogP contribution in [0.1, 0.15) is 44.6 Å². The highest BCUT2D eigenvalue weighted by Crippen LogP contribution is 2.36. The van der Waals surface area contributed by atoms with Gasteiger partial charge in [-0.15, -0.1) is 0 Å². The summed E-state index contributed by atoms with van der Waals surface area (Å²) in [7, 11) is 4.33. The maximum Gasteiger partial charge on any atom is 0.119 e. The first kappa shape index (κ1) is 19.7. The molecule has 2 heterocycles. The van der Waals surface area contributed by atoms with Crippen molar-refractivity contribution >= 4 is 0 Å². The van der Waals surface area contributed by atoms with Crippen molar-refractivity contribution in [3.05, 3.63) is 29.8 Å². The zero-order valence-electron chi connectivity index (χ0n) is 16.9. The predicted octanol–water partition coefficient (Wildman–Crippen LogP) is 3.55. The summed E-state index contributed by atoms with van der Waals surface area (Å²) in [6, 6.07) is 9.48. The fourth-order valence-electron chi connectivity index (χ4n) is 4.52. The molecule has 1 aromatic rings. The molecular weight excluding hydrogens is 324 g/mol. The third-order valence-corrected chi connectivity index (χ3v) is 6.10. The highest BCUT2D eigenvalue weighted by molar-refractivity contribution is 5.33. The van der Waals surface area contributed by atoms with Gasteiger partial charge in [-0.05, 0) is 83.9 Å². The molecule has 0 aromatic heterocycles. The Morgan fingerprint density at radius 2 is 1.77 bits per heavy atom. The van der Waals surface area contributed by atoms with E-state index < -0.39 is 0 Å². The maximum atomic E-state index is 6.03. The monoisotopic (exact) mass is 360 g/mol. The topological polar surface area (TPSA) is 24.9 Å². The largest absolute Gasteiger partial charge is 0.494 e. The van der Waals surface area contributed by atoms with Crippen molar-refractivity contribution in [3.8, 4) is 5.75 Å². The summed E-state index contributed by atoms with van der Waals surface area (Å²) in [6.07, 6.45) is 6.00. The molecule has 0 spiro atoms. The number of ether oxygens (including phenoxy) is 2. The van der Waals surface area contributed by atoms with E-state index in [9.17, 15) is 0 Å². The first-order valence-corrected chi connectivity index (χ1v) is 10.3. The molecule has 1 aromatic carbocycles. The molecule has 2 saturated heterocycles. The van der Waals surface area contributed by atoms with Crippen LogP contribution in [0.15, 0.2) is 24.3 Å². The Morgan fingerprint density at radius 1 is 1.12 bits per heavy atom. The van der Waals surface area contributed by atoms with Crippen molar-refractivity contribution in [1.82, 2.24) is 9.80 Å². The van der Waals surface area contributed by atoms with E-state index in [4.69, 9.17) is 9.47 Å². The van der Waals surface area contributed by atoms with Crippen molar-refractivity contribution in [1.29, 1.82) is 0 Å². The number of hydrogen-bond acceptors (Lipinski definition) is 4. The van der Waals surface area contributed by atoms with Crippen LogP contribution >= 0.6 is 0 Å². The number of likely N-dealkylation sites (N-methyl/N-ethyl adjacent to an activating group) is 1. The average molecular weight is 361 g/mol. The van der Waals surface area contributed by atoms with Gasteiger partial charge in [-0.1, -0.05) is 12.1 Å². The van der Waals surface area contributed by atoms with Crippen molar-refractivity contribution in [2.45, 2.75) is 50.5 Å². The molecule has 146 valence electrons. The molecule has 1 unspecified atom stereocenters. The second kappa shape index (κ2) is 9.20.